The van der Waals surface area contributed by atoms with Crippen molar-refractivity contribution in [2.75, 3.05) is 0 Å². The minimum absolute atomic E-state index is 0.00947. The first kappa shape index (κ1) is 12.3. The lowest BCUT2D eigenvalue weighted by Gasteiger charge is -2.26. The average Bonchev–Trinajstić information content (AvgIpc) is 2.05. The lowest BCUT2D eigenvalue weighted by atomic mass is 9.88. The molecule has 0 aromatic rings. The summed E-state index contributed by atoms with van der Waals surface area (Å²) in [5, 5.41) is 3.21. The average molecular weight is 211 g/mol. The van der Waals surface area contributed by atoms with Gasteiger partial charge in [-0.25, -0.2) is 0 Å². The molecule has 0 aromatic carbocycles. The first-order chi connectivity index (χ1) is 6.87. The topological polar surface area (TPSA) is 50.4 Å². The van der Waals surface area contributed by atoms with Crippen molar-refractivity contribution in [1.29, 1.82) is 0 Å². The molecule has 0 atom stereocenters. The fourth-order valence-corrected chi connectivity index (χ4v) is 1.98. The minimum atomic E-state index is 0.00947. The maximum absolute atomic E-state index is 5.86. The molecule has 0 spiro atoms. The number of rotatable bonds is 1. The zero-order valence-electron chi connectivity index (χ0n) is 10.5. The standard InChI is InChI=1S/C12H25N3/c1-9-5-7-10(8-6-9)14-11(13)15-12(2,3)4/h9-10H,5-8H2,1-4H3,(H3,13,14,15). The smallest absolute Gasteiger partial charge is 0.189 e. The van der Waals surface area contributed by atoms with E-state index in [9.17, 15) is 0 Å². The van der Waals surface area contributed by atoms with Gasteiger partial charge < -0.3 is 11.1 Å². The van der Waals surface area contributed by atoms with Crippen molar-refractivity contribution >= 4 is 5.96 Å². The van der Waals surface area contributed by atoms with Gasteiger partial charge in [-0.05, 0) is 52.4 Å². The molecule has 0 amide bonds. The SMILES string of the molecule is CC1CCC(N=C(N)NC(C)(C)C)CC1. The van der Waals surface area contributed by atoms with Crippen LogP contribution in [-0.2, 0) is 0 Å². The van der Waals surface area contributed by atoms with E-state index in [4.69, 9.17) is 5.73 Å². The molecule has 1 saturated carbocycles. The summed E-state index contributed by atoms with van der Waals surface area (Å²) < 4.78 is 0. The van der Waals surface area contributed by atoms with Crippen molar-refractivity contribution < 1.29 is 0 Å². The Kier molecular flexibility index (Phi) is 4.00. The van der Waals surface area contributed by atoms with Crippen LogP contribution in [0.2, 0.25) is 0 Å². The van der Waals surface area contributed by atoms with Crippen LogP contribution in [0.15, 0.2) is 4.99 Å². The highest BCUT2D eigenvalue weighted by molar-refractivity contribution is 5.78. The Bertz CT molecular complexity index is 220. The molecule has 0 unspecified atom stereocenters. The number of aliphatic imine (C=N–C) groups is 1. The van der Waals surface area contributed by atoms with Gasteiger partial charge in [0.15, 0.2) is 5.96 Å². The van der Waals surface area contributed by atoms with Crippen LogP contribution < -0.4 is 11.1 Å². The van der Waals surface area contributed by atoms with Crippen molar-refractivity contribution in [1.82, 2.24) is 5.32 Å². The number of hydrogen-bond donors (Lipinski definition) is 2. The van der Waals surface area contributed by atoms with E-state index in [1.54, 1.807) is 0 Å². The molecule has 15 heavy (non-hydrogen) atoms. The van der Waals surface area contributed by atoms with Crippen LogP contribution in [0.1, 0.15) is 53.4 Å². The first-order valence-electron chi connectivity index (χ1n) is 5.98. The summed E-state index contributed by atoms with van der Waals surface area (Å²) >= 11 is 0. The normalized spacial score (nSPS) is 28.9. The molecule has 3 nitrogen and oxygen atoms in total. The molecule has 1 fully saturated rings. The van der Waals surface area contributed by atoms with E-state index in [0.717, 1.165) is 5.92 Å². The van der Waals surface area contributed by atoms with Gasteiger partial charge in [-0.3, -0.25) is 4.99 Å². The molecule has 88 valence electrons. The zero-order chi connectivity index (χ0) is 11.5. The third-order valence-electron chi connectivity index (χ3n) is 2.81. The summed E-state index contributed by atoms with van der Waals surface area (Å²) in [6.07, 6.45) is 4.95. The fraction of sp³-hybridized carbons (Fsp3) is 0.917. The highest BCUT2D eigenvalue weighted by atomic mass is 15.1. The molecule has 0 aromatic heterocycles. The molecule has 0 saturated heterocycles. The van der Waals surface area contributed by atoms with Gasteiger partial charge in [0.25, 0.3) is 0 Å². The molecule has 3 N–H and O–H groups in total. The van der Waals surface area contributed by atoms with E-state index in [0.29, 0.717) is 12.0 Å². The molecule has 0 aliphatic heterocycles. The maximum atomic E-state index is 5.86. The van der Waals surface area contributed by atoms with Crippen LogP contribution in [0.5, 0.6) is 0 Å². The highest BCUT2D eigenvalue weighted by Gasteiger charge is 2.18. The summed E-state index contributed by atoms with van der Waals surface area (Å²) in [5.41, 5.74) is 5.87. The van der Waals surface area contributed by atoms with Crippen LogP contribution in [-0.4, -0.2) is 17.5 Å². The number of nitrogens with two attached hydrogens (primary N) is 1. The Labute approximate surface area is 93.5 Å². The summed E-state index contributed by atoms with van der Waals surface area (Å²) in [5.74, 6) is 1.47. The van der Waals surface area contributed by atoms with E-state index in [2.05, 4.69) is 38.0 Å². The van der Waals surface area contributed by atoms with Crippen molar-refractivity contribution in [2.45, 2.75) is 65.0 Å². The van der Waals surface area contributed by atoms with E-state index in [-0.39, 0.29) is 5.54 Å². The molecule has 1 rings (SSSR count). The molecule has 0 bridgehead atoms. The van der Waals surface area contributed by atoms with Gasteiger partial charge in [0, 0.05) is 5.54 Å². The second kappa shape index (κ2) is 4.86. The number of nitrogens with zero attached hydrogens (tertiary/aromatic N) is 1. The van der Waals surface area contributed by atoms with Gasteiger partial charge in [-0.2, -0.15) is 0 Å². The zero-order valence-corrected chi connectivity index (χ0v) is 10.5. The minimum Gasteiger partial charge on any atom is -0.370 e. The molecule has 1 aliphatic carbocycles. The van der Waals surface area contributed by atoms with Crippen LogP contribution >= 0.6 is 0 Å². The van der Waals surface area contributed by atoms with E-state index >= 15 is 0 Å². The summed E-state index contributed by atoms with van der Waals surface area (Å²) in [7, 11) is 0. The predicted molar refractivity (Wildman–Crippen MR) is 65.9 cm³/mol. The maximum Gasteiger partial charge on any atom is 0.189 e. The Morgan fingerprint density at radius 1 is 1.20 bits per heavy atom. The lowest BCUT2D eigenvalue weighted by Crippen LogP contribution is -2.45. The second-order valence-corrected chi connectivity index (χ2v) is 5.80. The largest absolute Gasteiger partial charge is 0.370 e. The fourth-order valence-electron chi connectivity index (χ4n) is 1.98. The van der Waals surface area contributed by atoms with Crippen LogP contribution in [0.25, 0.3) is 0 Å². The summed E-state index contributed by atoms with van der Waals surface area (Å²) in [6, 6.07) is 0.441. The van der Waals surface area contributed by atoms with Gasteiger partial charge >= 0.3 is 0 Å². The predicted octanol–water partition coefficient (Wildman–Crippen LogP) is 2.27. The second-order valence-electron chi connectivity index (χ2n) is 5.80. The number of hydrogen-bond acceptors (Lipinski definition) is 1. The van der Waals surface area contributed by atoms with E-state index < -0.39 is 0 Å². The van der Waals surface area contributed by atoms with Gasteiger partial charge in [0.05, 0.1) is 6.04 Å². The quantitative estimate of drug-likeness (QED) is 0.516. The molecular weight excluding hydrogens is 186 g/mol. The van der Waals surface area contributed by atoms with Crippen molar-refractivity contribution in [2.24, 2.45) is 16.6 Å². The van der Waals surface area contributed by atoms with Crippen LogP contribution in [0, 0.1) is 5.92 Å². The van der Waals surface area contributed by atoms with Crippen molar-refractivity contribution in [3.63, 3.8) is 0 Å². The van der Waals surface area contributed by atoms with Gasteiger partial charge in [0.2, 0.25) is 0 Å². The molecule has 3 heteroatoms. The monoisotopic (exact) mass is 211 g/mol. The van der Waals surface area contributed by atoms with Crippen LogP contribution in [0.4, 0.5) is 0 Å². The van der Waals surface area contributed by atoms with Crippen molar-refractivity contribution in [3.8, 4) is 0 Å². The number of nitrogens with one attached hydrogen (secondary N) is 1. The number of guanidine groups is 1. The highest BCUT2D eigenvalue weighted by Crippen LogP contribution is 2.25. The lowest BCUT2D eigenvalue weighted by molar-refractivity contribution is 0.348. The first-order valence-corrected chi connectivity index (χ1v) is 5.98. The molecule has 0 heterocycles. The summed E-state index contributed by atoms with van der Waals surface area (Å²) in [6.45, 7) is 8.60. The van der Waals surface area contributed by atoms with Gasteiger partial charge in [0.1, 0.15) is 0 Å². The van der Waals surface area contributed by atoms with Gasteiger partial charge in [-0.1, -0.05) is 6.92 Å². The Morgan fingerprint density at radius 2 is 1.73 bits per heavy atom. The third-order valence-corrected chi connectivity index (χ3v) is 2.81. The summed E-state index contributed by atoms with van der Waals surface area (Å²) in [4.78, 5) is 4.54. The molecule has 0 radical (unpaired) electrons. The molecular formula is C12H25N3. The third kappa shape index (κ3) is 5.05. The van der Waals surface area contributed by atoms with Crippen molar-refractivity contribution in [3.05, 3.63) is 0 Å². The van der Waals surface area contributed by atoms with E-state index in [1.165, 1.54) is 25.7 Å². The van der Waals surface area contributed by atoms with Gasteiger partial charge in [-0.15, -0.1) is 0 Å². The Hall–Kier alpha value is -0.730. The Morgan fingerprint density at radius 3 is 2.20 bits per heavy atom. The molecule has 1 aliphatic rings. The Balaban J connectivity index is 2.41. The van der Waals surface area contributed by atoms with Crippen LogP contribution in [0.3, 0.4) is 0 Å². The van der Waals surface area contributed by atoms with E-state index in [1.807, 2.05) is 0 Å².